The molecule has 0 bridgehead atoms. The molecule has 4 rings (SSSR count). The second kappa shape index (κ2) is 6.07. The van der Waals surface area contributed by atoms with Crippen LogP contribution >= 0.6 is 0 Å². The summed E-state index contributed by atoms with van der Waals surface area (Å²) < 4.78 is 33.6. The van der Waals surface area contributed by atoms with Crippen LogP contribution in [0.3, 0.4) is 0 Å². The smallest absolute Gasteiger partial charge is 0.243 e. The molecule has 136 valence electrons. The van der Waals surface area contributed by atoms with Crippen molar-refractivity contribution in [2.45, 2.75) is 56.6 Å². The van der Waals surface area contributed by atoms with Crippen molar-refractivity contribution in [2.24, 2.45) is 0 Å². The zero-order chi connectivity index (χ0) is 17.8. The number of ether oxygens (including phenoxy) is 1. The second-order valence-electron chi connectivity index (χ2n) is 7.32. The van der Waals surface area contributed by atoms with E-state index in [0.717, 1.165) is 36.2 Å². The number of sulfonamides is 1. The number of hydrogen-bond acceptors (Lipinski definition) is 4. The Balaban J connectivity index is 1.75. The van der Waals surface area contributed by atoms with Crippen molar-refractivity contribution in [3.05, 3.63) is 23.3 Å². The summed E-state index contributed by atoms with van der Waals surface area (Å²) in [6.45, 7) is 5.30. The van der Waals surface area contributed by atoms with E-state index in [9.17, 15) is 13.2 Å². The molecule has 25 heavy (non-hydrogen) atoms. The van der Waals surface area contributed by atoms with E-state index in [4.69, 9.17) is 4.74 Å². The maximum Gasteiger partial charge on any atom is 0.243 e. The van der Waals surface area contributed by atoms with Crippen LogP contribution in [0.4, 0.5) is 5.69 Å². The highest BCUT2D eigenvalue weighted by Gasteiger charge is 2.35. The van der Waals surface area contributed by atoms with Gasteiger partial charge in [-0.3, -0.25) is 4.79 Å². The van der Waals surface area contributed by atoms with Crippen molar-refractivity contribution >= 4 is 21.6 Å². The van der Waals surface area contributed by atoms with Gasteiger partial charge >= 0.3 is 0 Å². The Bertz CT molecular complexity index is 793. The minimum atomic E-state index is -3.55. The van der Waals surface area contributed by atoms with Gasteiger partial charge in [-0.25, -0.2) is 8.42 Å². The van der Waals surface area contributed by atoms with Gasteiger partial charge in [0.05, 0.1) is 22.8 Å². The molecule has 1 fully saturated rings. The van der Waals surface area contributed by atoms with Crippen LogP contribution in [0.25, 0.3) is 0 Å². The van der Waals surface area contributed by atoms with E-state index in [-0.39, 0.29) is 18.1 Å². The molecule has 1 aromatic carbocycles. The van der Waals surface area contributed by atoms with Gasteiger partial charge in [0.15, 0.2) is 0 Å². The molecule has 0 aliphatic carbocycles. The van der Waals surface area contributed by atoms with Crippen LogP contribution in [-0.2, 0) is 32.4 Å². The number of amides is 1. The lowest BCUT2D eigenvalue weighted by atomic mass is 9.92. The number of hydrogen-bond donors (Lipinski definition) is 0. The fourth-order valence-corrected chi connectivity index (χ4v) is 5.94. The van der Waals surface area contributed by atoms with E-state index in [1.54, 1.807) is 12.1 Å². The predicted octanol–water partition coefficient (Wildman–Crippen LogP) is 1.71. The van der Waals surface area contributed by atoms with Crippen LogP contribution in [0.15, 0.2) is 17.0 Å². The van der Waals surface area contributed by atoms with Gasteiger partial charge in [-0.05, 0) is 56.4 Å². The van der Waals surface area contributed by atoms with Gasteiger partial charge in [0.25, 0.3) is 0 Å². The van der Waals surface area contributed by atoms with Crippen molar-refractivity contribution in [1.82, 2.24) is 4.31 Å². The maximum absolute atomic E-state index is 13.2. The quantitative estimate of drug-likeness (QED) is 0.801. The van der Waals surface area contributed by atoms with Gasteiger partial charge < -0.3 is 9.64 Å². The first-order chi connectivity index (χ1) is 11.9. The maximum atomic E-state index is 13.2. The molecule has 0 N–H and O–H groups in total. The Morgan fingerprint density at radius 3 is 2.36 bits per heavy atom. The van der Waals surface area contributed by atoms with E-state index >= 15 is 0 Å². The third-order valence-electron chi connectivity index (χ3n) is 5.27. The molecule has 7 heteroatoms. The van der Waals surface area contributed by atoms with Gasteiger partial charge in [0.2, 0.25) is 15.9 Å². The Hall–Kier alpha value is -1.44. The molecule has 0 aromatic heterocycles. The van der Waals surface area contributed by atoms with Gasteiger partial charge in [0, 0.05) is 26.1 Å². The average molecular weight is 364 g/mol. The first kappa shape index (κ1) is 17.0. The number of rotatable bonds is 2. The normalized spacial score (nSPS) is 27.3. The van der Waals surface area contributed by atoms with Gasteiger partial charge in [-0.1, -0.05) is 0 Å². The summed E-state index contributed by atoms with van der Waals surface area (Å²) in [6.07, 6.45) is 2.57. The molecular formula is C18H24N2O4S. The fraction of sp³-hybridized carbons (Fsp3) is 0.611. The Morgan fingerprint density at radius 1 is 1.04 bits per heavy atom. The Labute approximate surface area is 148 Å². The third-order valence-corrected chi connectivity index (χ3v) is 7.08. The molecule has 2 atom stereocenters. The molecule has 3 aliphatic rings. The molecule has 3 aliphatic heterocycles. The molecule has 3 heterocycles. The number of morpholine rings is 1. The van der Waals surface area contributed by atoms with Gasteiger partial charge in [-0.2, -0.15) is 4.31 Å². The lowest BCUT2D eigenvalue weighted by molar-refractivity contribution is -0.119. The summed E-state index contributed by atoms with van der Waals surface area (Å²) in [7, 11) is -3.55. The molecule has 0 saturated carbocycles. The number of benzene rings is 1. The highest BCUT2D eigenvalue weighted by atomic mass is 32.2. The molecule has 6 nitrogen and oxygen atoms in total. The number of aryl methyl sites for hydroxylation is 2. The van der Waals surface area contributed by atoms with Crippen molar-refractivity contribution in [2.75, 3.05) is 24.5 Å². The molecule has 0 unspecified atom stereocenters. The summed E-state index contributed by atoms with van der Waals surface area (Å²) in [5, 5.41) is 0. The second-order valence-corrected chi connectivity index (χ2v) is 9.26. The van der Waals surface area contributed by atoms with Crippen molar-refractivity contribution in [3.63, 3.8) is 0 Å². The van der Waals surface area contributed by atoms with Crippen LogP contribution < -0.4 is 4.90 Å². The van der Waals surface area contributed by atoms with Gasteiger partial charge in [-0.15, -0.1) is 0 Å². The van der Waals surface area contributed by atoms with E-state index in [1.807, 2.05) is 18.7 Å². The van der Waals surface area contributed by atoms with E-state index in [1.165, 1.54) is 4.31 Å². The number of nitrogens with zero attached hydrogens (tertiary/aromatic N) is 2. The lowest BCUT2D eigenvalue weighted by Crippen LogP contribution is -2.48. The molecule has 0 radical (unpaired) electrons. The number of anilines is 1. The van der Waals surface area contributed by atoms with Crippen LogP contribution in [-0.4, -0.2) is 50.5 Å². The van der Waals surface area contributed by atoms with E-state index < -0.39 is 10.0 Å². The summed E-state index contributed by atoms with van der Waals surface area (Å²) in [4.78, 5) is 14.4. The minimum absolute atomic E-state index is 0.109. The number of carbonyl (C=O) groups excluding carboxylic acids is 1. The topological polar surface area (TPSA) is 66.9 Å². The van der Waals surface area contributed by atoms with Crippen molar-refractivity contribution in [1.29, 1.82) is 0 Å². The lowest BCUT2D eigenvalue weighted by Gasteiger charge is -2.37. The highest BCUT2D eigenvalue weighted by Crippen LogP contribution is 2.38. The molecule has 1 aromatic rings. The highest BCUT2D eigenvalue weighted by molar-refractivity contribution is 7.89. The first-order valence-corrected chi connectivity index (χ1v) is 10.4. The standard InChI is InChI=1S/C18H24N2O4S/c1-12-10-19(11-13(2)24-12)25(22,23)16-8-14-4-3-7-20-17(21)6-5-15(9-16)18(14)20/h8-9,12-13H,3-7,10-11H2,1-2H3/t12-,13-/m0/s1. The monoisotopic (exact) mass is 364 g/mol. The summed E-state index contributed by atoms with van der Waals surface area (Å²) in [5.41, 5.74) is 2.94. The van der Waals surface area contributed by atoms with Crippen molar-refractivity contribution < 1.29 is 17.9 Å². The molecular weight excluding hydrogens is 340 g/mol. The molecule has 0 spiro atoms. The largest absolute Gasteiger partial charge is 0.373 e. The third kappa shape index (κ3) is 2.88. The summed E-state index contributed by atoms with van der Waals surface area (Å²) >= 11 is 0. The zero-order valence-corrected chi connectivity index (χ0v) is 15.5. The Morgan fingerprint density at radius 2 is 1.68 bits per heavy atom. The van der Waals surface area contributed by atoms with Crippen LogP contribution in [0.5, 0.6) is 0 Å². The molecule has 1 saturated heterocycles. The van der Waals surface area contributed by atoms with Crippen LogP contribution in [0.1, 0.15) is 37.8 Å². The van der Waals surface area contributed by atoms with E-state index in [0.29, 0.717) is 30.8 Å². The predicted molar refractivity (Wildman–Crippen MR) is 94.2 cm³/mol. The molecule has 1 amide bonds. The first-order valence-electron chi connectivity index (χ1n) is 8.98. The van der Waals surface area contributed by atoms with Gasteiger partial charge in [0.1, 0.15) is 0 Å². The van der Waals surface area contributed by atoms with Crippen LogP contribution in [0.2, 0.25) is 0 Å². The average Bonchev–Trinajstić information content (AvgIpc) is 2.57. The van der Waals surface area contributed by atoms with Crippen LogP contribution in [0, 0.1) is 0 Å². The summed E-state index contributed by atoms with van der Waals surface area (Å²) in [6, 6.07) is 3.56. The van der Waals surface area contributed by atoms with E-state index in [2.05, 4.69) is 0 Å². The SMILES string of the molecule is C[C@H]1CN(S(=O)(=O)c2cc3c4c(c2)CCC(=O)N4CCC3)C[C@H](C)O1. The zero-order valence-electron chi connectivity index (χ0n) is 14.7. The summed E-state index contributed by atoms with van der Waals surface area (Å²) in [5.74, 6) is 0.153. The van der Waals surface area contributed by atoms with Crippen molar-refractivity contribution in [3.8, 4) is 0 Å². The minimum Gasteiger partial charge on any atom is -0.373 e. The number of carbonyl (C=O) groups is 1. The fourth-order valence-electron chi connectivity index (χ4n) is 4.25. The Kier molecular flexibility index (Phi) is 4.13.